The first-order valence-corrected chi connectivity index (χ1v) is 23.2. The standard InChI is InChI=1S/C42H82NO9P/c1-3-5-7-9-11-13-15-16-17-18-19-20-21-22-23-24-26-28-30-32-34-41(44)52-39(37-50-53(47,48)51-38-40(43)42(45)46)36-49-35-33-31-29-27-25-14-12-10-8-6-4-2/h8,10,39-40H,3-7,9,11-38,43H2,1-2H3,(H,45,46)(H,47,48)/b10-8-. The Labute approximate surface area is 324 Å². The lowest BCUT2D eigenvalue weighted by Gasteiger charge is -2.20. The number of carbonyl (C=O) groups is 2. The van der Waals surface area contributed by atoms with Crippen molar-refractivity contribution in [2.45, 2.75) is 219 Å². The first-order valence-electron chi connectivity index (χ1n) is 21.7. The molecule has 0 bridgehead atoms. The van der Waals surface area contributed by atoms with Gasteiger partial charge < -0.3 is 25.2 Å². The molecule has 10 nitrogen and oxygen atoms in total. The number of unbranched alkanes of at least 4 members (excludes halogenated alkanes) is 26. The first-order chi connectivity index (χ1) is 25.7. The van der Waals surface area contributed by atoms with Gasteiger partial charge in [-0.05, 0) is 32.1 Å². The Morgan fingerprint density at radius 2 is 1.02 bits per heavy atom. The molecule has 4 N–H and O–H groups in total. The molecule has 3 atom stereocenters. The van der Waals surface area contributed by atoms with E-state index in [1.807, 2.05) is 0 Å². The van der Waals surface area contributed by atoms with Crippen molar-refractivity contribution in [1.29, 1.82) is 0 Å². The molecule has 3 unspecified atom stereocenters. The number of rotatable bonds is 42. The number of carbonyl (C=O) groups excluding carboxylic acids is 1. The van der Waals surface area contributed by atoms with Gasteiger partial charge in [0.15, 0.2) is 0 Å². The Morgan fingerprint density at radius 3 is 1.51 bits per heavy atom. The van der Waals surface area contributed by atoms with Crippen LogP contribution in [0, 0.1) is 0 Å². The predicted molar refractivity (Wildman–Crippen MR) is 217 cm³/mol. The molecule has 53 heavy (non-hydrogen) atoms. The molecule has 0 aromatic carbocycles. The van der Waals surface area contributed by atoms with Gasteiger partial charge in [0.2, 0.25) is 0 Å². The summed E-state index contributed by atoms with van der Waals surface area (Å²) in [5.74, 6) is -1.77. The van der Waals surface area contributed by atoms with E-state index in [2.05, 4.69) is 26.0 Å². The zero-order valence-corrected chi connectivity index (χ0v) is 35.0. The molecule has 0 aromatic heterocycles. The van der Waals surface area contributed by atoms with Gasteiger partial charge >= 0.3 is 19.8 Å². The van der Waals surface area contributed by atoms with Crippen LogP contribution in [0.4, 0.5) is 0 Å². The van der Waals surface area contributed by atoms with E-state index in [9.17, 15) is 19.0 Å². The number of esters is 1. The number of hydrogen-bond acceptors (Lipinski definition) is 8. The average molecular weight is 776 g/mol. The van der Waals surface area contributed by atoms with Crippen LogP contribution in [-0.4, -0.2) is 60.5 Å². The van der Waals surface area contributed by atoms with E-state index in [0.717, 1.165) is 51.4 Å². The second-order valence-electron chi connectivity index (χ2n) is 14.8. The molecule has 0 aliphatic carbocycles. The van der Waals surface area contributed by atoms with Crippen molar-refractivity contribution in [2.24, 2.45) is 5.73 Å². The Morgan fingerprint density at radius 1 is 0.585 bits per heavy atom. The summed E-state index contributed by atoms with van der Waals surface area (Å²) in [4.78, 5) is 33.5. The minimum atomic E-state index is -4.61. The molecule has 0 heterocycles. The quantitative estimate of drug-likeness (QED) is 0.0236. The summed E-state index contributed by atoms with van der Waals surface area (Å²) in [7, 11) is -4.61. The van der Waals surface area contributed by atoms with Gasteiger partial charge in [-0.1, -0.05) is 180 Å². The predicted octanol–water partition coefficient (Wildman–Crippen LogP) is 11.8. The molecule has 0 aliphatic rings. The smallest absolute Gasteiger partial charge is 0.472 e. The lowest BCUT2D eigenvalue weighted by Crippen LogP contribution is -2.34. The van der Waals surface area contributed by atoms with E-state index >= 15 is 0 Å². The molecule has 0 rings (SSSR count). The summed E-state index contributed by atoms with van der Waals surface area (Å²) in [6.07, 6.45) is 39.8. The number of phosphoric ester groups is 1. The van der Waals surface area contributed by atoms with Crippen LogP contribution in [0.1, 0.15) is 206 Å². The van der Waals surface area contributed by atoms with Gasteiger partial charge in [0.05, 0.1) is 19.8 Å². The highest BCUT2D eigenvalue weighted by atomic mass is 31.2. The number of carboxylic acids is 1. The van der Waals surface area contributed by atoms with Crippen LogP contribution in [0.2, 0.25) is 0 Å². The Bertz CT molecular complexity index is 904. The lowest BCUT2D eigenvalue weighted by atomic mass is 10.0. The molecular weight excluding hydrogens is 693 g/mol. The van der Waals surface area contributed by atoms with E-state index in [1.54, 1.807) is 0 Å². The third-order valence-electron chi connectivity index (χ3n) is 9.53. The monoisotopic (exact) mass is 776 g/mol. The minimum Gasteiger partial charge on any atom is -0.480 e. The van der Waals surface area contributed by atoms with E-state index in [4.69, 9.17) is 29.4 Å². The molecule has 0 aromatic rings. The van der Waals surface area contributed by atoms with Crippen LogP contribution in [0.3, 0.4) is 0 Å². The van der Waals surface area contributed by atoms with E-state index < -0.39 is 45.1 Å². The number of allylic oxidation sites excluding steroid dienone is 2. The maximum atomic E-state index is 12.6. The van der Waals surface area contributed by atoms with Crippen LogP contribution in [0.5, 0.6) is 0 Å². The normalized spacial score (nSPS) is 14.0. The fourth-order valence-electron chi connectivity index (χ4n) is 6.14. The van der Waals surface area contributed by atoms with Crippen LogP contribution in [0.15, 0.2) is 12.2 Å². The summed E-state index contributed by atoms with van der Waals surface area (Å²) in [6.45, 7) is 3.84. The van der Waals surface area contributed by atoms with Crippen molar-refractivity contribution >= 4 is 19.8 Å². The number of nitrogens with two attached hydrogens (primary N) is 1. The van der Waals surface area contributed by atoms with E-state index in [1.165, 1.54) is 135 Å². The van der Waals surface area contributed by atoms with Crippen molar-refractivity contribution in [1.82, 2.24) is 0 Å². The summed E-state index contributed by atoms with van der Waals surface area (Å²) >= 11 is 0. The lowest BCUT2D eigenvalue weighted by molar-refractivity contribution is -0.154. The van der Waals surface area contributed by atoms with Crippen molar-refractivity contribution in [2.75, 3.05) is 26.4 Å². The molecule has 0 fully saturated rings. The first kappa shape index (κ1) is 51.7. The Balaban J connectivity index is 4.13. The number of aliphatic carboxylic acids is 1. The van der Waals surface area contributed by atoms with Crippen molar-refractivity contribution in [3.63, 3.8) is 0 Å². The van der Waals surface area contributed by atoms with Gasteiger partial charge in [0.1, 0.15) is 12.1 Å². The summed E-state index contributed by atoms with van der Waals surface area (Å²) < 4.78 is 33.3. The van der Waals surface area contributed by atoms with Crippen molar-refractivity contribution in [3.8, 4) is 0 Å². The highest BCUT2D eigenvalue weighted by molar-refractivity contribution is 7.47. The molecule has 0 radical (unpaired) electrons. The van der Waals surface area contributed by atoms with E-state index in [0.29, 0.717) is 6.61 Å². The fourth-order valence-corrected chi connectivity index (χ4v) is 6.91. The molecule has 0 saturated heterocycles. The second kappa shape index (κ2) is 39.0. The van der Waals surface area contributed by atoms with E-state index in [-0.39, 0.29) is 13.0 Å². The maximum Gasteiger partial charge on any atom is 0.472 e. The number of hydrogen-bond donors (Lipinski definition) is 3. The van der Waals surface area contributed by atoms with Gasteiger partial charge in [0, 0.05) is 13.0 Å². The largest absolute Gasteiger partial charge is 0.480 e. The van der Waals surface area contributed by atoms with Gasteiger partial charge in [-0.15, -0.1) is 0 Å². The molecule has 0 spiro atoms. The maximum absolute atomic E-state index is 12.6. The highest BCUT2D eigenvalue weighted by Gasteiger charge is 2.27. The number of carboxylic acid groups (broad SMARTS) is 1. The van der Waals surface area contributed by atoms with Gasteiger partial charge in [-0.3, -0.25) is 18.6 Å². The summed E-state index contributed by atoms with van der Waals surface area (Å²) in [5, 5.41) is 8.88. The fraction of sp³-hybridized carbons (Fsp3) is 0.905. The third-order valence-corrected chi connectivity index (χ3v) is 10.5. The molecule has 314 valence electrons. The summed E-state index contributed by atoms with van der Waals surface area (Å²) in [6, 6.07) is -1.47. The van der Waals surface area contributed by atoms with Gasteiger partial charge in [-0.2, -0.15) is 0 Å². The van der Waals surface area contributed by atoms with Crippen LogP contribution in [0.25, 0.3) is 0 Å². The Hall–Kier alpha value is -1.29. The zero-order chi connectivity index (χ0) is 39.1. The molecule has 0 saturated carbocycles. The number of ether oxygens (including phenoxy) is 2. The zero-order valence-electron chi connectivity index (χ0n) is 34.1. The molecule has 11 heteroatoms. The molecule has 0 aliphatic heterocycles. The van der Waals surface area contributed by atoms with Gasteiger partial charge in [0.25, 0.3) is 0 Å². The van der Waals surface area contributed by atoms with Gasteiger partial charge in [-0.25, -0.2) is 4.57 Å². The highest BCUT2D eigenvalue weighted by Crippen LogP contribution is 2.43. The third kappa shape index (κ3) is 38.8. The molecular formula is C42H82NO9P. The van der Waals surface area contributed by atoms with Crippen molar-refractivity contribution < 1.29 is 42.7 Å². The van der Waals surface area contributed by atoms with Crippen molar-refractivity contribution in [3.05, 3.63) is 12.2 Å². The van der Waals surface area contributed by atoms with Crippen LogP contribution >= 0.6 is 7.82 Å². The Kier molecular flexibility index (Phi) is 38.0. The van der Waals surface area contributed by atoms with Crippen LogP contribution < -0.4 is 5.73 Å². The minimum absolute atomic E-state index is 0.0176. The van der Waals surface area contributed by atoms with Crippen LogP contribution in [-0.2, 0) is 32.7 Å². The number of phosphoric acid groups is 1. The second-order valence-corrected chi connectivity index (χ2v) is 16.3. The summed E-state index contributed by atoms with van der Waals surface area (Å²) in [5.41, 5.74) is 5.35. The SMILES string of the molecule is CCC/C=C\CCCCCCCCOCC(COP(=O)(O)OCC(N)C(=O)O)OC(=O)CCCCCCCCCCCCCCCCCCCCCC. The topological polar surface area (TPSA) is 155 Å². The average Bonchev–Trinajstić information content (AvgIpc) is 3.13. The molecule has 0 amide bonds.